The molecule has 1 aromatic rings. The third-order valence-electron chi connectivity index (χ3n) is 2.92. The first-order valence-electron chi connectivity index (χ1n) is 7.08. The number of hydrogen-bond acceptors (Lipinski definition) is 3. The third-order valence-corrected chi connectivity index (χ3v) is 2.92. The Balaban J connectivity index is 2.50. The predicted octanol–water partition coefficient (Wildman–Crippen LogP) is 3.30. The van der Waals surface area contributed by atoms with Gasteiger partial charge in [-0.2, -0.15) is 0 Å². The lowest BCUT2D eigenvalue weighted by atomic mass is 10.1. The second-order valence-electron chi connectivity index (χ2n) is 5.20. The van der Waals surface area contributed by atoms with Gasteiger partial charge in [0.15, 0.2) is 0 Å². The molecule has 0 saturated heterocycles. The number of ether oxygens (including phenoxy) is 2. The number of aryl methyl sites for hydroxylation is 1. The molecule has 0 aliphatic heterocycles. The third kappa shape index (κ3) is 6.60. The van der Waals surface area contributed by atoms with Gasteiger partial charge in [0.25, 0.3) is 0 Å². The fraction of sp³-hybridized carbons (Fsp3) is 0.625. The minimum absolute atomic E-state index is 0.482. The highest BCUT2D eigenvalue weighted by molar-refractivity contribution is 5.36. The zero-order valence-corrected chi connectivity index (χ0v) is 12.7. The van der Waals surface area contributed by atoms with E-state index in [1.807, 2.05) is 0 Å². The Hall–Kier alpha value is -1.06. The second kappa shape index (κ2) is 8.94. The van der Waals surface area contributed by atoms with Crippen molar-refractivity contribution in [1.82, 2.24) is 5.32 Å². The van der Waals surface area contributed by atoms with Gasteiger partial charge >= 0.3 is 0 Å². The fourth-order valence-corrected chi connectivity index (χ4v) is 1.83. The van der Waals surface area contributed by atoms with E-state index in [0.29, 0.717) is 6.04 Å². The highest BCUT2D eigenvalue weighted by atomic mass is 16.5. The summed E-state index contributed by atoms with van der Waals surface area (Å²) in [5, 5.41) is 3.44. The van der Waals surface area contributed by atoms with Crippen molar-refractivity contribution in [2.45, 2.75) is 46.2 Å². The first kappa shape index (κ1) is 16.0. The summed E-state index contributed by atoms with van der Waals surface area (Å²) in [4.78, 5) is 0. The summed E-state index contributed by atoms with van der Waals surface area (Å²) in [6, 6.07) is 6.85. The standard InChI is InChI=1S/C16H27NO2/c1-13(2)17-12-15-11-14(3)7-8-16(15)19-10-6-5-9-18-4/h7-8,11,13,17H,5-6,9-10,12H2,1-4H3. The van der Waals surface area contributed by atoms with Crippen LogP contribution in [0.15, 0.2) is 18.2 Å². The van der Waals surface area contributed by atoms with E-state index < -0.39 is 0 Å². The maximum atomic E-state index is 5.88. The largest absolute Gasteiger partial charge is 0.493 e. The SMILES string of the molecule is COCCCCOc1ccc(C)cc1CNC(C)C. The van der Waals surface area contributed by atoms with Crippen LogP contribution in [0.4, 0.5) is 0 Å². The maximum absolute atomic E-state index is 5.88. The van der Waals surface area contributed by atoms with Crippen LogP contribution in [0, 0.1) is 6.92 Å². The normalized spacial score (nSPS) is 11.0. The molecule has 3 heteroatoms. The summed E-state index contributed by atoms with van der Waals surface area (Å²) in [7, 11) is 1.73. The van der Waals surface area contributed by atoms with Crippen LogP contribution >= 0.6 is 0 Å². The molecule has 0 amide bonds. The first-order valence-corrected chi connectivity index (χ1v) is 7.08. The molecule has 0 aliphatic carbocycles. The minimum Gasteiger partial charge on any atom is -0.493 e. The van der Waals surface area contributed by atoms with Gasteiger partial charge in [0.05, 0.1) is 6.61 Å². The lowest BCUT2D eigenvalue weighted by molar-refractivity contribution is 0.184. The van der Waals surface area contributed by atoms with Crippen LogP contribution in [-0.4, -0.2) is 26.4 Å². The quantitative estimate of drug-likeness (QED) is 0.695. The zero-order chi connectivity index (χ0) is 14.1. The molecule has 0 saturated carbocycles. The van der Waals surface area contributed by atoms with E-state index in [9.17, 15) is 0 Å². The highest BCUT2D eigenvalue weighted by Crippen LogP contribution is 2.20. The molecular weight excluding hydrogens is 238 g/mol. The van der Waals surface area contributed by atoms with Crippen LogP contribution in [0.3, 0.4) is 0 Å². The Kier molecular flexibility index (Phi) is 7.53. The lowest BCUT2D eigenvalue weighted by Gasteiger charge is -2.14. The Morgan fingerprint density at radius 1 is 1.16 bits per heavy atom. The van der Waals surface area contributed by atoms with E-state index >= 15 is 0 Å². The molecule has 0 aliphatic rings. The smallest absolute Gasteiger partial charge is 0.123 e. The van der Waals surface area contributed by atoms with Gasteiger partial charge in [-0.05, 0) is 25.8 Å². The Bertz CT molecular complexity index is 364. The van der Waals surface area contributed by atoms with Gasteiger partial charge in [0.2, 0.25) is 0 Å². The molecule has 0 bridgehead atoms. The van der Waals surface area contributed by atoms with E-state index in [4.69, 9.17) is 9.47 Å². The molecular formula is C16H27NO2. The molecule has 0 atom stereocenters. The number of hydrogen-bond donors (Lipinski definition) is 1. The van der Waals surface area contributed by atoms with Crippen molar-refractivity contribution in [2.24, 2.45) is 0 Å². The summed E-state index contributed by atoms with van der Waals surface area (Å²) < 4.78 is 10.9. The molecule has 3 nitrogen and oxygen atoms in total. The molecule has 0 unspecified atom stereocenters. The number of methoxy groups -OCH3 is 1. The minimum atomic E-state index is 0.482. The van der Waals surface area contributed by atoms with E-state index in [2.05, 4.69) is 44.3 Å². The Morgan fingerprint density at radius 2 is 1.89 bits per heavy atom. The van der Waals surface area contributed by atoms with E-state index in [1.165, 1.54) is 11.1 Å². The number of nitrogens with one attached hydrogen (secondary N) is 1. The molecule has 1 aromatic carbocycles. The summed E-state index contributed by atoms with van der Waals surface area (Å²) in [5.74, 6) is 0.996. The molecule has 0 aromatic heterocycles. The highest BCUT2D eigenvalue weighted by Gasteiger charge is 2.05. The van der Waals surface area contributed by atoms with Crippen molar-refractivity contribution in [3.63, 3.8) is 0 Å². The van der Waals surface area contributed by atoms with Crippen LogP contribution in [0.1, 0.15) is 37.8 Å². The maximum Gasteiger partial charge on any atom is 0.123 e. The van der Waals surface area contributed by atoms with Gasteiger partial charge < -0.3 is 14.8 Å². The lowest BCUT2D eigenvalue weighted by Crippen LogP contribution is -2.22. The van der Waals surface area contributed by atoms with Gasteiger partial charge in [-0.3, -0.25) is 0 Å². The molecule has 19 heavy (non-hydrogen) atoms. The van der Waals surface area contributed by atoms with Gasteiger partial charge in [-0.25, -0.2) is 0 Å². The summed E-state index contributed by atoms with van der Waals surface area (Å²) in [6.45, 7) is 8.83. The fourth-order valence-electron chi connectivity index (χ4n) is 1.83. The van der Waals surface area contributed by atoms with Gasteiger partial charge in [0, 0.05) is 31.9 Å². The van der Waals surface area contributed by atoms with Crippen molar-refractivity contribution in [2.75, 3.05) is 20.3 Å². The van der Waals surface area contributed by atoms with Gasteiger partial charge in [0.1, 0.15) is 5.75 Å². The average molecular weight is 265 g/mol. The van der Waals surface area contributed by atoms with Gasteiger partial charge in [-0.15, -0.1) is 0 Å². The van der Waals surface area contributed by atoms with Crippen LogP contribution in [0.25, 0.3) is 0 Å². The van der Waals surface area contributed by atoms with Crippen molar-refractivity contribution in [3.8, 4) is 5.75 Å². The van der Waals surface area contributed by atoms with Crippen LogP contribution < -0.4 is 10.1 Å². The Labute approximate surface area is 117 Å². The van der Waals surface area contributed by atoms with Crippen LogP contribution in [0.5, 0.6) is 5.75 Å². The molecule has 1 rings (SSSR count). The van der Waals surface area contributed by atoms with Crippen LogP contribution in [-0.2, 0) is 11.3 Å². The Morgan fingerprint density at radius 3 is 2.58 bits per heavy atom. The molecule has 0 heterocycles. The molecule has 0 radical (unpaired) electrons. The summed E-state index contributed by atoms with van der Waals surface area (Å²) >= 11 is 0. The van der Waals surface area contributed by atoms with Crippen molar-refractivity contribution in [3.05, 3.63) is 29.3 Å². The van der Waals surface area contributed by atoms with E-state index in [1.54, 1.807) is 7.11 Å². The second-order valence-corrected chi connectivity index (χ2v) is 5.20. The molecule has 0 spiro atoms. The molecule has 0 fully saturated rings. The van der Waals surface area contributed by atoms with Crippen LogP contribution in [0.2, 0.25) is 0 Å². The van der Waals surface area contributed by atoms with Crippen molar-refractivity contribution < 1.29 is 9.47 Å². The molecule has 1 N–H and O–H groups in total. The topological polar surface area (TPSA) is 30.5 Å². The molecule has 108 valence electrons. The van der Waals surface area contributed by atoms with E-state index in [-0.39, 0.29) is 0 Å². The summed E-state index contributed by atoms with van der Waals surface area (Å²) in [5.41, 5.74) is 2.51. The predicted molar refractivity (Wildman–Crippen MR) is 79.8 cm³/mol. The number of unbranched alkanes of at least 4 members (excludes halogenated alkanes) is 1. The van der Waals surface area contributed by atoms with Crippen molar-refractivity contribution in [1.29, 1.82) is 0 Å². The van der Waals surface area contributed by atoms with Gasteiger partial charge in [-0.1, -0.05) is 31.5 Å². The summed E-state index contributed by atoms with van der Waals surface area (Å²) in [6.07, 6.45) is 2.07. The number of rotatable bonds is 9. The monoisotopic (exact) mass is 265 g/mol. The average Bonchev–Trinajstić information content (AvgIpc) is 2.38. The zero-order valence-electron chi connectivity index (χ0n) is 12.7. The van der Waals surface area contributed by atoms with Crippen molar-refractivity contribution >= 4 is 0 Å². The first-order chi connectivity index (χ1) is 9.13. The number of benzene rings is 1. The van der Waals surface area contributed by atoms with E-state index in [0.717, 1.165) is 38.3 Å².